The number of benzene rings is 2. The quantitative estimate of drug-likeness (QED) is 0.520. The van der Waals surface area contributed by atoms with E-state index in [1.54, 1.807) is 36.4 Å². The molecule has 0 unspecified atom stereocenters. The first-order chi connectivity index (χ1) is 13.5. The molecule has 3 aromatic rings. The Balaban J connectivity index is 1.81. The van der Waals surface area contributed by atoms with Crippen molar-refractivity contribution in [2.24, 2.45) is 0 Å². The van der Waals surface area contributed by atoms with Crippen molar-refractivity contribution < 1.29 is 19.2 Å². The molecule has 0 bridgehead atoms. The summed E-state index contributed by atoms with van der Waals surface area (Å²) in [5.41, 5.74) is 4.30. The third-order valence-corrected chi connectivity index (χ3v) is 3.60. The summed E-state index contributed by atoms with van der Waals surface area (Å²) in [6.07, 6.45) is 2.84. The maximum atomic E-state index is 12.5. The topological polar surface area (TPSA) is 123 Å². The van der Waals surface area contributed by atoms with Crippen LogP contribution >= 0.6 is 0 Å². The smallest absolute Gasteiger partial charge is 0.273 e. The van der Waals surface area contributed by atoms with Gasteiger partial charge in [-0.25, -0.2) is 0 Å². The molecule has 0 fully saturated rings. The van der Waals surface area contributed by atoms with Crippen LogP contribution in [0.3, 0.4) is 0 Å². The molecule has 0 aliphatic rings. The Morgan fingerprint density at radius 1 is 0.964 bits per heavy atom. The SMILES string of the molecule is O=C(NNC(=O)c1cc([N+](=O)[O-])ccc1Oc1ccccc1)c1cccnc1. The van der Waals surface area contributed by atoms with E-state index >= 15 is 0 Å². The van der Waals surface area contributed by atoms with Crippen molar-refractivity contribution in [3.63, 3.8) is 0 Å². The number of non-ortho nitro benzene ring substituents is 1. The largest absolute Gasteiger partial charge is 0.457 e. The zero-order chi connectivity index (χ0) is 19.9. The van der Waals surface area contributed by atoms with Gasteiger partial charge in [-0.2, -0.15) is 0 Å². The normalized spacial score (nSPS) is 10.0. The van der Waals surface area contributed by atoms with Crippen LogP contribution in [0, 0.1) is 10.1 Å². The summed E-state index contributed by atoms with van der Waals surface area (Å²) < 4.78 is 5.65. The van der Waals surface area contributed by atoms with E-state index in [0.717, 1.165) is 6.07 Å². The van der Waals surface area contributed by atoms with E-state index in [0.29, 0.717) is 5.75 Å². The number of rotatable bonds is 5. The molecule has 2 N–H and O–H groups in total. The highest BCUT2D eigenvalue weighted by Crippen LogP contribution is 2.28. The molecule has 0 spiro atoms. The van der Waals surface area contributed by atoms with Gasteiger partial charge in [0.1, 0.15) is 11.5 Å². The van der Waals surface area contributed by atoms with Crippen LogP contribution in [0.4, 0.5) is 5.69 Å². The van der Waals surface area contributed by atoms with Crippen LogP contribution in [-0.4, -0.2) is 21.7 Å². The van der Waals surface area contributed by atoms with Crippen LogP contribution < -0.4 is 15.6 Å². The molecule has 0 aliphatic carbocycles. The first kappa shape index (κ1) is 18.5. The third kappa shape index (κ3) is 4.47. The van der Waals surface area contributed by atoms with E-state index in [1.807, 2.05) is 0 Å². The van der Waals surface area contributed by atoms with E-state index in [-0.39, 0.29) is 22.6 Å². The van der Waals surface area contributed by atoms with E-state index in [4.69, 9.17) is 4.74 Å². The number of hydrazine groups is 1. The summed E-state index contributed by atoms with van der Waals surface area (Å²) in [5, 5.41) is 11.1. The molecule has 0 saturated carbocycles. The fourth-order valence-electron chi connectivity index (χ4n) is 2.26. The highest BCUT2D eigenvalue weighted by Gasteiger charge is 2.19. The van der Waals surface area contributed by atoms with Gasteiger partial charge in [-0.05, 0) is 30.3 Å². The number of hydrogen-bond acceptors (Lipinski definition) is 6. The zero-order valence-electron chi connectivity index (χ0n) is 14.4. The van der Waals surface area contributed by atoms with Crippen LogP contribution in [-0.2, 0) is 0 Å². The van der Waals surface area contributed by atoms with Gasteiger partial charge in [-0.1, -0.05) is 18.2 Å². The van der Waals surface area contributed by atoms with Gasteiger partial charge >= 0.3 is 0 Å². The second-order valence-electron chi connectivity index (χ2n) is 5.50. The predicted molar refractivity (Wildman–Crippen MR) is 98.8 cm³/mol. The van der Waals surface area contributed by atoms with Gasteiger partial charge in [0.15, 0.2) is 0 Å². The molecule has 0 aliphatic heterocycles. The van der Waals surface area contributed by atoms with Gasteiger partial charge in [-0.15, -0.1) is 0 Å². The van der Waals surface area contributed by atoms with E-state index < -0.39 is 16.7 Å². The number of nitrogens with zero attached hydrogens (tertiary/aromatic N) is 2. The van der Waals surface area contributed by atoms with Crippen molar-refractivity contribution in [3.05, 3.63) is 94.3 Å². The average molecular weight is 378 g/mol. The Kier molecular flexibility index (Phi) is 5.56. The lowest BCUT2D eigenvalue weighted by Gasteiger charge is -2.12. The van der Waals surface area contributed by atoms with Crippen molar-refractivity contribution in [3.8, 4) is 11.5 Å². The summed E-state index contributed by atoms with van der Waals surface area (Å²) in [4.78, 5) is 38.8. The predicted octanol–water partition coefficient (Wildman–Crippen LogP) is 2.86. The van der Waals surface area contributed by atoms with Gasteiger partial charge in [0.05, 0.1) is 16.1 Å². The average Bonchev–Trinajstić information content (AvgIpc) is 2.73. The monoisotopic (exact) mass is 378 g/mol. The van der Waals surface area contributed by atoms with E-state index in [2.05, 4.69) is 15.8 Å². The number of amides is 2. The summed E-state index contributed by atoms with van der Waals surface area (Å²) in [7, 11) is 0. The molecular weight excluding hydrogens is 364 g/mol. The maximum absolute atomic E-state index is 12.5. The minimum atomic E-state index is -0.771. The Labute approximate surface area is 159 Å². The molecule has 0 radical (unpaired) electrons. The molecule has 28 heavy (non-hydrogen) atoms. The second kappa shape index (κ2) is 8.41. The fourth-order valence-corrected chi connectivity index (χ4v) is 2.26. The summed E-state index contributed by atoms with van der Waals surface area (Å²) in [5.74, 6) is -0.806. The van der Waals surface area contributed by atoms with Crippen molar-refractivity contribution >= 4 is 17.5 Å². The van der Waals surface area contributed by atoms with Gasteiger partial charge in [-0.3, -0.25) is 35.5 Å². The molecule has 1 aromatic heterocycles. The highest BCUT2D eigenvalue weighted by atomic mass is 16.6. The maximum Gasteiger partial charge on any atom is 0.273 e. The summed E-state index contributed by atoms with van der Waals surface area (Å²) in [6.45, 7) is 0. The third-order valence-electron chi connectivity index (χ3n) is 3.60. The Bertz CT molecular complexity index is 1010. The summed E-state index contributed by atoms with van der Waals surface area (Å²) in [6, 6.07) is 15.3. The molecule has 1 heterocycles. The molecule has 140 valence electrons. The van der Waals surface area contributed by atoms with Crippen molar-refractivity contribution in [2.75, 3.05) is 0 Å². The van der Waals surface area contributed by atoms with Crippen LogP contribution in [0.5, 0.6) is 11.5 Å². The van der Waals surface area contributed by atoms with Gasteiger partial charge in [0, 0.05) is 24.5 Å². The van der Waals surface area contributed by atoms with Gasteiger partial charge in [0.25, 0.3) is 17.5 Å². The van der Waals surface area contributed by atoms with Crippen LogP contribution in [0.15, 0.2) is 73.1 Å². The lowest BCUT2D eigenvalue weighted by atomic mass is 10.1. The number of pyridine rings is 1. The Morgan fingerprint density at radius 2 is 1.71 bits per heavy atom. The van der Waals surface area contributed by atoms with E-state index in [1.165, 1.54) is 30.6 Å². The van der Waals surface area contributed by atoms with Crippen LogP contribution in [0.25, 0.3) is 0 Å². The Morgan fingerprint density at radius 3 is 2.39 bits per heavy atom. The number of nitro groups is 1. The minimum absolute atomic E-state index is 0.102. The molecule has 9 nitrogen and oxygen atoms in total. The van der Waals surface area contributed by atoms with Crippen LogP contribution in [0.1, 0.15) is 20.7 Å². The fraction of sp³-hybridized carbons (Fsp3) is 0. The van der Waals surface area contributed by atoms with Crippen molar-refractivity contribution in [2.45, 2.75) is 0 Å². The molecule has 0 atom stereocenters. The van der Waals surface area contributed by atoms with Gasteiger partial charge in [0.2, 0.25) is 0 Å². The zero-order valence-corrected chi connectivity index (χ0v) is 14.4. The number of hydrogen-bond donors (Lipinski definition) is 2. The first-order valence-electron chi connectivity index (χ1n) is 8.06. The minimum Gasteiger partial charge on any atom is -0.457 e. The van der Waals surface area contributed by atoms with Crippen molar-refractivity contribution in [1.82, 2.24) is 15.8 Å². The lowest BCUT2D eigenvalue weighted by molar-refractivity contribution is -0.384. The molecule has 3 rings (SSSR count). The first-order valence-corrected chi connectivity index (χ1v) is 8.06. The number of ether oxygens (including phenoxy) is 1. The summed E-state index contributed by atoms with van der Waals surface area (Å²) >= 11 is 0. The molecule has 2 aromatic carbocycles. The number of nitro benzene ring substituents is 1. The number of nitrogens with one attached hydrogen (secondary N) is 2. The van der Waals surface area contributed by atoms with Crippen molar-refractivity contribution in [1.29, 1.82) is 0 Å². The molecular formula is C19H14N4O5. The number of carbonyl (C=O) groups is 2. The van der Waals surface area contributed by atoms with E-state index in [9.17, 15) is 19.7 Å². The second-order valence-corrected chi connectivity index (χ2v) is 5.50. The number of para-hydroxylation sites is 1. The highest BCUT2D eigenvalue weighted by molar-refractivity contribution is 6.00. The lowest BCUT2D eigenvalue weighted by Crippen LogP contribution is -2.41. The number of aromatic nitrogens is 1. The standard InChI is InChI=1S/C19H14N4O5/c24-18(13-5-4-10-20-12-13)21-22-19(25)16-11-14(23(26)27)8-9-17(16)28-15-6-2-1-3-7-15/h1-12H,(H,21,24)(H,22,25). The number of carbonyl (C=O) groups excluding carboxylic acids is 2. The van der Waals surface area contributed by atoms with Crippen LogP contribution in [0.2, 0.25) is 0 Å². The molecule has 9 heteroatoms. The molecule has 0 saturated heterocycles. The Hall–Kier alpha value is -4.27. The molecule has 2 amide bonds. The van der Waals surface area contributed by atoms with Gasteiger partial charge < -0.3 is 4.74 Å².